The second-order valence-electron chi connectivity index (χ2n) is 5.01. The van der Waals surface area contributed by atoms with Crippen LogP contribution in [0.4, 0.5) is 0 Å². The van der Waals surface area contributed by atoms with Crippen molar-refractivity contribution < 1.29 is 9.90 Å². The smallest absolute Gasteiger partial charge is 0.306 e. The van der Waals surface area contributed by atoms with Gasteiger partial charge >= 0.3 is 5.97 Å². The number of aryl methyl sites for hydroxylation is 3. The lowest BCUT2D eigenvalue weighted by atomic mass is 9.99. The van der Waals surface area contributed by atoms with E-state index in [9.17, 15) is 4.79 Å². The van der Waals surface area contributed by atoms with Crippen molar-refractivity contribution in [2.24, 2.45) is 5.92 Å². The van der Waals surface area contributed by atoms with Crippen LogP contribution in [0.25, 0.3) is 6.08 Å². The number of benzene rings is 1. The highest BCUT2D eigenvalue weighted by atomic mass is 16.4. The first-order chi connectivity index (χ1) is 8.41. The molecular weight excluding hydrogens is 224 g/mol. The average Bonchev–Trinajstić information content (AvgIpc) is 2.30. The maximum Gasteiger partial charge on any atom is 0.306 e. The minimum Gasteiger partial charge on any atom is -0.481 e. The predicted octanol–water partition coefficient (Wildman–Crippen LogP) is 4.13. The molecule has 0 spiro atoms. The lowest BCUT2D eigenvalue weighted by Crippen LogP contribution is -2.08. The van der Waals surface area contributed by atoms with Gasteiger partial charge in [0.2, 0.25) is 0 Å². The van der Waals surface area contributed by atoms with Gasteiger partial charge in [-0.1, -0.05) is 31.2 Å². The standard InChI is InChI=1S/C16H22O2/c1-11(16(17)18)7-5-6-8-15-10-13(3)12(2)9-14(15)4/h6,8-11H,5,7H2,1-4H3,(H,17,18)/b8-6+. The van der Waals surface area contributed by atoms with Crippen molar-refractivity contribution >= 4 is 12.0 Å². The van der Waals surface area contributed by atoms with E-state index in [1.165, 1.54) is 22.3 Å². The maximum absolute atomic E-state index is 10.7. The second-order valence-corrected chi connectivity index (χ2v) is 5.01. The topological polar surface area (TPSA) is 37.3 Å². The highest BCUT2D eigenvalue weighted by molar-refractivity contribution is 5.69. The number of carboxylic acids is 1. The van der Waals surface area contributed by atoms with Crippen LogP contribution in [0.15, 0.2) is 18.2 Å². The summed E-state index contributed by atoms with van der Waals surface area (Å²) in [6.45, 7) is 8.08. The van der Waals surface area contributed by atoms with Crippen LogP contribution in [0.5, 0.6) is 0 Å². The highest BCUT2D eigenvalue weighted by Crippen LogP contribution is 2.17. The number of carbonyl (C=O) groups is 1. The van der Waals surface area contributed by atoms with Gasteiger partial charge in [0.1, 0.15) is 0 Å². The molecule has 2 nitrogen and oxygen atoms in total. The van der Waals surface area contributed by atoms with Crippen molar-refractivity contribution in [2.75, 3.05) is 0 Å². The summed E-state index contributed by atoms with van der Waals surface area (Å²) in [7, 11) is 0. The quantitative estimate of drug-likeness (QED) is 0.848. The third-order valence-corrected chi connectivity index (χ3v) is 3.37. The fraction of sp³-hybridized carbons (Fsp3) is 0.438. The van der Waals surface area contributed by atoms with Crippen LogP contribution in [-0.2, 0) is 4.79 Å². The molecule has 0 fully saturated rings. The van der Waals surface area contributed by atoms with Crippen molar-refractivity contribution in [3.8, 4) is 0 Å². The Morgan fingerprint density at radius 3 is 2.44 bits per heavy atom. The summed E-state index contributed by atoms with van der Waals surface area (Å²) in [6.07, 6.45) is 5.66. The third kappa shape index (κ3) is 4.02. The molecule has 0 saturated carbocycles. The number of hydrogen-bond acceptors (Lipinski definition) is 1. The fourth-order valence-corrected chi connectivity index (χ4v) is 1.84. The van der Waals surface area contributed by atoms with E-state index in [2.05, 4.69) is 45.1 Å². The number of carboxylic acid groups (broad SMARTS) is 1. The van der Waals surface area contributed by atoms with Gasteiger partial charge in [-0.3, -0.25) is 4.79 Å². The van der Waals surface area contributed by atoms with Gasteiger partial charge in [-0.2, -0.15) is 0 Å². The van der Waals surface area contributed by atoms with E-state index in [0.717, 1.165) is 6.42 Å². The van der Waals surface area contributed by atoms with E-state index < -0.39 is 5.97 Å². The lowest BCUT2D eigenvalue weighted by Gasteiger charge is -2.06. The first-order valence-electron chi connectivity index (χ1n) is 6.39. The summed E-state index contributed by atoms with van der Waals surface area (Å²) < 4.78 is 0. The fourth-order valence-electron chi connectivity index (χ4n) is 1.84. The van der Waals surface area contributed by atoms with Crippen LogP contribution >= 0.6 is 0 Å². The largest absolute Gasteiger partial charge is 0.481 e. The van der Waals surface area contributed by atoms with Crippen LogP contribution in [0.3, 0.4) is 0 Å². The molecule has 0 aliphatic carbocycles. The normalized spacial score (nSPS) is 12.9. The number of rotatable bonds is 5. The zero-order valence-electron chi connectivity index (χ0n) is 11.7. The first-order valence-corrected chi connectivity index (χ1v) is 6.39. The van der Waals surface area contributed by atoms with Gasteiger partial charge in [-0.25, -0.2) is 0 Å². The molecule has 0 aliphatic rings. The Morgan fingerprint density at radius 1 is 1.22 bits per heavy atom. The summed E-state index contributed by atoms with van der Waals surface area (Å²) in [5.74, 6) is -0.985. The Balaban J connectivity index is 2.62. The van der Waals surface area contributed by atoms with Crippen molar-refractivity contribution in [2.45, 2.75) is 40.5 Å². The van der Waals surface area contributed by atoms with Gasteiger partial charge in [0.05, 0.1) is 5.92 Å². The molecule has 1 unspecified atom stereocenters. The monoisotopic (exact) mass is 246 g/mol. The second kappa shape index (κ2) is 6.39. The van der Waals surface area contributed by atoms with Crippen LogP contribution in [0, 0.1) is 26.7 Å². The van der Waals surface area contributed by atoms with E-state index in [4.69, 9.17) is 5.11 Å². The molecule has 1 rings (SSSR count). The molecule has 18 heavy (non-hydrogen) atoms. The lowest BCUT2D eigenvalue weighted by molar-refractivity contribution is -0.141. The Kier molecular flexibility index (Phi) is 5.14. The summed E-state index contributed by atoms with van der Waals surface area (Å²) in [5.41, 5.74) is 5.09. The summed E-state index contributed by atoms with van der Waals surface area (Å²) in [5, 5.41) is 8.79. The Hall–Kier alpha value is -1.57. The molecule has 1 aromatic rings. The minimum absolute atomic E-state index is 0.268. The Bertz CT molecular complexity index is 458. The number of aliphatic carboxylic acids is 1. The first kappa shape index (κ1) is 14.5. The van der Waals surface area contributed by atoms with Crippen LogP contribution in [-0.4, -0.2) is 11.1 Å². The molecule has 0 heterocycles. The van der Waals surface area contributed by atoms with Crippen molar-refractivity contribution in [1.29, 1.82) is 0 Å². The maximum atomic E-state index is 10.7. The third-order valence-electron chi connectivity index (χ3n) is 3.37. The predicted molar refractivity (Wildman–Crippen MR) is 75.7 cm³/mol. The molecule has 0 aromatic heterocycles. The summed E-state index contributed by atoms with van der Waals surface area (Å²) >= 11 is 0. The van der Waals surface area contributed by atoms with Crippen molar-refractivity contribution in [3.63, 3.8) is 0 Å². The molecule has 1 aromatic carbocycles. The number of allylic oxidation sites excluding steroid dienone is 1. The molecular formula is C16H22O2. The molecule has 0 aliphatic heterocycles. The van der Waals surface area contributed by atoms with Crippen molar-refractivity contribution in [3.05, 3.63) is 40.5 Å². The summed E-state index contributed by atoms with van der Waals surface area (Å²) in [4.78, 5) is 10.7. The van der Waals surface area contributed by atoms with Gasteiger partial charge < -0.3 is 5.11 Å². The highest BCUT2D eigenvalue weighted by Gasteiger charge is 2.08. The van der Waals surface area contributed by atoms with Crippen LogP contribution < -0.4 is 0 Å². The van der Waals surface area contributed by atoms with Gasteiger partial charge in [0.25, 0.3) is 0 Å². The van der Waals surface area contributed by atoms with E-state index in [0.29, 0.717) is 6.42 Å². The minimum atomic E-state index is -0.717. The number of hydrogen-bond donors (Lipinski definition) is 1. The van der Waals surface area contributed by atoms with E-state index in [-0.39, 0.29) is 5.92 Å². The summed E-state index contributed by atoms with van der Waals surface area (Å²) in [6, 6.07) is 4.37. The van der Waals surface area contributed by atoms with Gasteiger partial charge in [0, 0.05) is 0 Å². The van der Waals surface area contributed by atoms with Gasteiger partial charge in [0.15, 0.2) is 0 Å². The molecule has 2 heteroatoms. The van der Waals surface area contributed by atoms with Gasteiger partial charge in [-0.05, 0) is 55.9 Å². The zero-order valence-corrected chi connectivity index (χ0v) is 11.7. The molecule has 1 atom stereocenters. The average molecular weight is 246 g/mol. The van der Waals surface area contributed by atoms with E-state index in [1.54, 1.807) is 6.92 Å². The zero-order chi connectivity index (χ0) is 13.7. The molecule has 0 saturated heterocycles. The molecule has 0 amide bonds. The SMILES string of the molecule is Cc1cc(C)c(/C=C/CCC(C)C(=O)O)cc1C. The molecule has 1 N–H and O–H groups in total. The van der Waals surface area contributed by atoms with Crippen LogP contribution in [0.2, 0.25) is 0 Å². The molecule has 0 radical (unpaired) electrons. The van der Waals surface area contributed by atoms with E-state index in [1.807, 2.05) is 0 Å². The molecule has 0 bridgehead atoms. The molecule has 98 valence electrons. The Labute approximate surface area is 109 Å². The Morgan fingerprint density at radius 2 is 1.83 bits per heavy atom. The van der Waals surface area contributed by atoms with E-state index >= 15 is 0 Å². The van der Waals surface area contributed by atoms with Gasteiger partial charge in [-0.15, -0.1) is 0 Å². The van der Waals surface area contributed by atoms with Crippen molar-refractivity contribution in [1.82, 2.24) is 0 Å². The van der Waals surface area contributed by atoms with Crippen LogP contribution in [0.1, 0.15) is 42.0 Å².